The number of benzene rings is 2. The first kappa shape index (κ1) is 10.7. The third-order valence-electron chi connectivity index (χ3n) is 2.25. The van der Waals surface area contributed by atoms with Crippen LogP contribution in [-0.4, -0.2) is 5.67 Å². The lowest BCUT2D eigenvalue weighted by atomic mass is 10.1. The fraction of sp³-hybridized carbons (Fsp3) is 0.200. The summed E-state index contributed by atoms with van der Waals surface area (Å²) < 4.78 is 13.2. The molecule has 0 heterocycles. The minimum absolute atomic E-state index is 0.851. The Kier molecular flexibility index (Phi) is 2.66. The van der Waals surface area contributed by atoms with Gasteiger partial charge in [0.2, 0.25) is 0 Å². The van der Waals surface area contributed by atoms with E-state index in [4.69, 9.17) is 0 Å². The van der Waals surface area contributed by atoms with Crippen LogP contribution in [0.1, 0.15) is 19.4 Å². The van der Waals surface area contributed by atoms with Crippen LogP contribution in [0.2, 0.25) is 0 Å². The normalized spacial score (nSPS) is 10.9. The van der Waals surface area contributed by atoms with Crippen molar-refractivity contribution in [1.82, 2.24) is 0 Å². The molecule has 0 bridgehead atoms. The Morgan fingerprint density at radius 3 is 2.38 bits per heavy atom. The highest BCUT2D eigenvalue weighted by Gasteiger charge is 2.09. The average Bonchev–Trinajstić information content (AvgIpc) is 2.25. The smallest absolute Gasteiger partial charge is 0.165 e. The highest BCUT2D eigenvalue weighted by Crippen LogP contribution is 2.15. The van der Waals surface area contributed by atoms with Crippen molar-refractivity contribution >= 4 is 10.8 Å². The van der Waals surface area contributed by atoms with E-state index in [0.29, 0.717) is 0 Å². The highest BCUT2D eigenvalue weighted by atomic mass is 19.1. The van der Waals surface area contributed by atoms with Gasteiger partial charge in [0.05, 0.1) is 0 Å². The van der Waals surface area contributed by atoms with Crippen molar-refractivity contribution in [2.45, 2.75) is 19.5 Å². The van der Waals surface area contributed by atoms with Crippen LogP contribution in [-0.2, 0) is 0 Å². The summed E-state index contributed by atoms with van der Waals surface area (Å²) in [5.74, 6) is 5.44. The molecule has 0 amide bonds. The minimum Gasteiger partial charge on any atom is -0.230 e. The van der Waals surface area contributed by atoms with E-state index in [1.54, 1.807) is 0 Å². The quantitative estimate of drug-likeness (QED) is 0.580. The van der Waals surface area contributed by atoms with Gasteiger partial charge in [-0.25, -0.2) is 4.39 Å². The topological polar surface area (TPSA) is 0 Å². The number of rotatable bonds is 0. The fourth-order valence-corrected chi connectivity index (χ4v) is 1.49. The molecule has 0 aliphatic carbocycles. The molecular formula is C15H13F. The Balaban J connectivity index is 2.43. The molecule has 2 rings (SSSR count). The maximum atomic E-state index is 13.2. The summed E-state index contributed by atoms with van der Waals surface area (Å²) in [6.45, 7) is 2.92. The Labute approximate surface area is 95.1 Å². The van der Waals surface area contributed by atoms with Gasteiger partial charge in [0.25, 0.3) is 0 Å². The van der Waals surface area contributed by atoms with Gasteiger partial charge >= 0.3 is 0 Å². The molecule has 0 saturated heterocycles. The second kappa shape index (κ2) is 3.98. The molecule has 0 aliphatic heterocycles. The predicted octanol–water partition coefficient (Wildman–Crippen LogP) is 3.94. The Morgan fingerprint density at radius 2 is 1.69 bits per heavy atom. The van der Waals surface area contributed by atoms with Crippen molar-refractivity contribution < 1.29 is 4.39 Å². The average molecular weight is 212 g/mol. The summed E-state index contributed by atoms with van der Waals surface area (Å²) >= 11 is 0. The zero-order valence-corrected chi connectivity index (χ0v) is 9.42. The van der Waals surface area contributed by atoms with Gasteiger partial charge in [-0.15, -0.1) is 0 Å². The maximum absolute atomic E-state index is 13.2. The van der Waals surface area contributed by atoms with Crippen molar-refractivity contribution in [3.63, 3.8) is 0 Å². The molecule has 16 heavy (non-hydrogen) atoms. The van der Waals surface area contributed by atoms with Gasteiger partial charge in [0, 0.05) is 5.56 Å². The molecule has 80 valence electrons. The van der Waals surface area contributed by atoms with E-state index in [-0.39, 0.29) is 0 Å². The molecule has 0 spiro atoms. The van der Waals surface area contributed by atoms with Crippen LogP contribution in [0.25, 0.3) is 10.8 Å². The lowest BCUT2D eigenvalue weighted by Crippen LogP contribution is -2.06. The molecule has 2 aromatic rings. The molecule has 0 aliphatic rings. The summed E-state index contributed by atoms with van der Waals surface area (Å²) in [6, 6.07) is 14.0. The van der Waals surface area contributed by atoms with Gasteiger partial charge < -0.3 is 0 Å². The largest absolute Gasteiger partial charge is 0.230 e. The molecule has 0 fully saturated rings. The second-order valence-electron chi connectivity index (χ2n) is 4.28. The predicted molar refractivity (Wildman–Crippen MR) is 66.0 cm³/mol. The van der Waals surface area contributed by atoms with Gasteiger partial charge in [-0.1, -0.05) is 42.2 Å². The van der Waals surface area contributed by atoms with Crippen molar-refractivity contribution in [2.24, 2.45) is 0 Å². The van der Waals surface area contributed by atoms with Crippen LogP contribution < -0.4 is 0 Å². The van der Waals surface area contributed by atoms with Gasteiger partial charge in [-0.3, -0.25) is 0 Å². The molecule has 1 heteroatoms. The van der Waals surface area contributed by atoms with Gasteiger partial charge in [-0.05, 0) is 36.8 Å². The lowest BCUT2D eigenvalue weighted by molar-refractivity contribution is 0.301. The van der Waals surface area contributed by atoms with Crippen molar-refractivity contribution in [3.05, 3.63) is 48.0 Å². The van der Waals surface area contributed by atoms with E-state index >= 15 is 0 Å². The molecule has 0 aromatic heterocycles. The molecule has 0 radical (unpaired) electrons. The monoisotopic (exact) mass is 212 g/mol. The van der Waals surface area contributed by atoms with Crippen molar-refractivity contribution in [2.75, 3.05) is 0 Å². The van der Waals surface area contributed by atoms with E-state index in [1.165, 1.54) is 19.2 Å². The SMILES string of the molecule is CC(C)(F)C#Cc1ccc2ccccc2c1. The first-order valence-corrected chi connectivity index (χ1v) is 5.25. The number of fused-ring (bicyclic) bond motifs is 1. The highest BCUT2D eigenvalue weighted by molar-refractivity contribution is 5.83. The first-order valence-electron chi connectivity index (χ1n) is 5.25. The standard InChI is InChI=1S/C15H13F/c1-15(2,16)10-9-12-7-8-13-5-3-4-6-14(13)11-12/h3-8,11H,1-2H3. The Bertz CT molecular complexity index is 565. The van der Waals surface area contributed by atoms with E-state index < -0.39 is 5.67 Å². The van der Waals surface area contributed by atoms with E-state index in [2.05, 4.69) is 11.8 Å². The zero-order valence-electron chi connectivity index (χ0n) is 9.42. The van der Waals surface area contributed by atoms with Crippen LogP contribution in [0, 0.1) is 11.8 Å². The summed E-state index contributed by atoms with van der Waals surface area (Å²) in [7, 11) is 0. The van der Waals surface area contributed by atoms with Crippen LogP contribution in [0.5, 0.6) is 0 Å². The summed E-state index contributed by atoms with van der Waals surface area (Å²) in [5, 5.41) is 2.30. The summed E-state index contributed by atoms with van der Waals surface area (Å²) in [5.41, 5.74) is -0.588. The number of hydrogen-bond donors (Lipinski definition) is 0. The lowest BCUT2D eigenvalue weighted by Gasteiger charge is -2.02. The molecule has 0 saturated carbocycles. The number of halogens is 1. The van der Waals surface area contributed by atoms with Gasteiger partial charge in [-0.2, -0.15) is 0 Å². The maximum Gasteiger partial charge on any atom is 0.165 e. The van der Waals surface area contributed by atoms with E-state index in [9.17, 15) is 4.39 Å². The molecule has 0 unspecified atom stereocenters. The third kappa shape index (κ3) is 2.61. The van der Waals surface area contributed by atoms with E-state index in [1.807, 2.05) is 42.5 Å². The van der Waals surface area contributed by atoms with E-state index in [0.717, 1.165) is 10.9 Å². The van der Waals surface area contributed by atoms with Crippen LogP contribution in [0.4, 0.5) is 4.39 Å². The minimum atomic E-state index is -1.44. The molecular weight excluding hydrogens is 199 g/mol. The fourth-order valence-electron chi connectivity index (χ4n) is 1.49. The zero-order chi connectivity index (χ0) is 11.6. The van der Waals surface area contributed by atoms with Crippen LogP contribution in [0.3, 0.4) is 0 Å². The number of alkyl halides is 1. The summed E-state index contributed by atoms with van der Waals surface area (Å²) in [4.78, 5) is 0. The molecule has 2 aromatic carbocycles. The Morgan fingerprint density at radius 1 is 1.00 bits per heavy atom. The first-order chi connectivity index (χ1) is 7.54. The van der Waals surface area contributed by atoms with Crippen LogP contribution >= 0.6 is 0 Å². The number of hydrogen-bond acceptors (Lipinski definition) is 0. The third-order valence-corrected chi connectivity index (χ3v) is 2.25. The Hall–Kier alpha value is -1.81. The molecule has 0 N–H and O–H groups in total. The van der Waals surface area contributed by atoms with Gasteiger partial charge in [0.1, 0.15) is 0 Å². The van der Waals surface area contributed by atoms with Gasteiger partial charge in [0.15, 0.2) is 5.67 Å². The molecule has 0 nitrogen and oxygen atoms in total. The second-order valence-corrected chi connectivity index (χ2v) is 4.28. The van der Waals surface area contributed by atoms with Crippen molar-refractivity contribution in [1.29, 1.82) is 0 Å². The van der Waals surface area contributed by atoms with Crippen molar-refractivity contribution in [3.8, 4) is 11.8 Å². The van der Waals surface area contributed by atoms with Crippen LogP contribution in [0.15, 0.2) is 42.5 Å². The summed E-state index contributed by atoms with van der Waals surface area (Å²) in [6.07, 6.45) is 0. The molecule has 0 atom stereocenters.